The topological polar surface area (TPSA) is 74.0 Å². The minimum Gasteiger partial charge on any atom is -0.471 e. The molecule has 0 saturated carbocycles. The number of carbonyl (C=O) groups excluding carboxylic acids is 1. The summed E-state index contributed by atoms with van der Waals surface area (Å²) >= 11 is 5.81. The van der Waals surface area contributed by atoms with E-state index in [0.717, 1.165) is 23.3 Å². The van der Waals surface area contributed by atoms with Crippen LogP contribution in [-0.2, 0) is 13.3 Å². The van der Waals surface area contributed by atoms with Crippen LogP contribution in [-0.4, -0.2) is 32.0 Å². The molecule has 0 radical (unpaired) electrons. The molecule has 1 aromatic carbocycles. The second kappa shape index (κ2) is 8.73. The van der Waals surface area contributed by atoms with Crippen LogP contribution in [0.5, 0.6) is 5.75 Å². The van der Waals surface area contributed by atoms with Crippen LogP contribution in [0.15, 0.2) is 42.9 Å². The molecule has 27 heavy (non-hydrogen) atoms. The average molecular weight is 388 g/mol. The lowest BCUT2D eigenvalue weighted by Gasteiger charge is -2.09. The van der Waals surface area contributed by atoms with Crippen LogP contribution in [0.4, 0.5) is 0 Å². The molecule has 2 aromatic heterocycles. The maximum atomic E-state index is 12.2. The van der Waals surface area contributed by atoms with Crippen molar-refractivity contribution in [3.05, 3.63) is 64.7 Å². The van der Waals surface area contributed by atoms with Crippen molar-refractivity contribution >= 4 is 17.5 Å². The second-order valence-electron chi connectivity index (χ2n) is 6.31. The SMILES string of the molecule is Cc1ccc(C)c(OCn2ccc(C(=O)NCCCn3cc(Cl)cn3)n2)c1. The van der Waals surface area contributed by atoms with Crippen LogP contribution >= 0.6 is 11.6 Å². The van der Waals surface area contributed by atoms with Gasteiger partial charge in [0.15, 0.2) is 6.73 Å². The van der Waals surface area contributed by atoms with Gasteiger partial charge in [0, 0.05) is 25.5 Å². The largest absolute Gasteiger partial charge is 0.471 e. The van der Waals surface area contributed by atoms with Crippen LogP contribution in [0.1, 0.15) is 28.0 Å². The molecule has 0 spiro atoms. The average Bonchev–Trinajstić information content (AvgIpc) is 3.28. The first-order valence-corrected chi connectivity index (χ1v) is 9.09. The van der Waals surface area contributed by atoms with Gasteiger partial charge in [-0.15, -0.1) is 0 Å². The number of nitrogens with one attached hydrogen (secondary N) is 1. The van der Waals surface area contributed by atoms with Gasteiger partial charge in [0.25, 0.3) is 5.91 Å². The highest BCUT2D eigenvalue weighted by atomic mass is 35.5. The van der Waals surface area contributed by atoms with E-state index in [1.807, 2.05) is 32.0 Å². The Bertz CT molecular complexity index is 918. The van der Waals surface area contributed by atoms with Gasteiger partial charge < -0.3 is 10.1 Å². The summed E-state index contributed by atoms with van der Waals surface area (Å²) in [5.74, 6) is 0.606. The maximum Gasteiger partial charge on any atom is 0.271 e. The molecule has 0 saturated heterocycles. The highest BCUT2D eigenvalue weighted by molar-refractivity contribution is 6.30. The Morgan fingerprint density at radius 2 is 2.11 bits per heavy atom. The molecular weight excluding hydrogens is 366 g/mol. The Kier molecular flexibility index (Phi) is 6.13. The highest BCUT2D eigenvalue weighted by Crippen LogP contribution is 2.19. The van der Waals surface area contributed by atoms with Crippen LogP contribution in [0, 0.1) is 13.8 Å². The predicted octanol–water partition coefficient (Wildman–Crippen LogP) is 3.21. The molecule has 3 aromatic rings. The first kappa shape index (κ1) is 19.0. The second-order valence-corrected chi connectivity index (χ2v) is 6.75. The number of aryl methyl sites for hydroxylation is 3. The molecule has 0 fully saturated rings. The van der Waals surface area contributed by atoms with E-state index >= 15 is 0 Å². The van der Waals surface area contributed by atoms with Gasteiger partial charge in [-0.2, -0.15) is 10.2 Å². The molecule has 0 aliphatic carbocycles. The number of carbonyl (C=O) groups is 1. The molecule has 1 amide bonds. The number of nitrogens with zero attached hydrogens (tertiary/aromatic N) is 4. The van der Waals surface area contributed by atoms with E-state index < -0.39 is 0 Å². The van der Waals surface area contributed by atoms with Crippen molar-refractivity contribution < 1.29 is 9.53 Å². The number of hydrogen-bond donors (Lipinski definition) is 1. The van der Waals surface area contributed by atoms with E-state index in [9.17, 15) is 4.79 Å². The molecule has 0 unspecified atom stereocenters. The smallest absolute Gasteiger partial charge is 0.271 e. The molecule has 0 bridgehead atoms. The fourth-order valence-electron chi connectivity index (χ4n) is 2.55. The molecule has 0 atom stereocenters. The van der Waals surface area contributed by atoms with Crippen molar-refractivity contribution in [3.63, 3.8) is 0 Å². The summed E-state index contributed by atoms with van der Waals surface area (Å²) in [6.07, 6.45) is 5.82. The van der Waals surface area contributed by atoms with Crippen molar-refractivity contribution in [2.24, 2.45) is 0 Å². The van der Waals surface area contributed by atoms with Crippen LogP contribution in [0.3, 0.4) is 0 Å². The summed E-state index contributed by atoms with van der Waals surface area (Å²) in [4.78, 5) is 12.2. The summed E-state index contributed by atoms with van der Waals surface area (Å²) in [5, 5.41) is 11.8. The predicted molar refractivity (Wildman–Crippen MR) is 103 cm³/mol. The minimum atomic E-state index is -0.209. The standard InChI is InChI=1S/C19H22ClN5O2/c1-14-4-5-15(2)18(10-14)27-13-25-9-6-17(23-25)19(26)21-7-3-8-24-12-16(20)11-22-24/h4-6,9-12H,3,7-8,13H2,1-2H3,(H,21,26). The molecular formula is C19H22ClN5O2. The zero-order chi connectivity index (χ0) is 19.2. The number of hydrogen-bond acceptors (Lipinski definition) is 4. The number of halogens is 1. The van der Waals surface area contributed by atoms with Crippen molar-refractivity contribution in [1.29, 1.82) is 0 Å². The van der Waals surface area contributed by atoms with Gasteiger partial charge >= 0.3 is 0 Å². The Labute approximate surface area is 162 Å². The first-order chi connectivity index (χ1) is 13.0. The normalized spacial score (nSPS) is 10.8. The van der Waals surface area contributed by atoms with E-state index in [4.69, 9.17) is 16.3 Å². The van der Waals surface area contributed by atoms with Crippen LogP contribution < -0.4 is 10.1 Å². The van der Waals surface area contributed by atoms with E-state index in [2.05, 4.69) is 15.5 Å². The monoisotopic (exact) mass is 387 g/mol. The third-order valence-corrected chi connectivity index (χ3v) is 4.22. The third-order valence-electron chi connectivity index (χ3n) is 4.02. The number of amides is 1. The molecule has 0 aliphatic rings. The van der Waals surface area contributed by atoms with Gasteiger partial charge in [-0.1, -0.05) is 23.7 Å². The van der Waals surface area contributed by atoms with Crippen molar-refractivity contribution in [2.75, 3.05) is 6.54 Å². The summed E-state index contributed by atoms with van der Waals surface area (Å²) in [6.45, 7) is 5.47. The first-order valence-electron chi connectivity index (χ1n) is 8.71. The minimum absolute atomic E-state index is 0.209. The fourth-order valence-corrected chi connectivity index (χ4v) is 2.70. The lowest BCUT2D eigenvalue weighted by Crippen LogP contribution is -2.26. The zero-order valence-corrected chi connectivity index (χ0v) is 16.1. The van der Waals surface area contributed by atoms with Crippen LogP contribution in [0.2, 0.25) is 5.02 Å². The quantitative estimate of drug-likeness (QED) is 0.602. The Morgan fingerprint density at radius 3 is 2.89 bits per heavy atom. The Balaban J connectivity index is 1.45. The van der Waals surface area contributed by atoms with Gasteiger partial charge in [0.2, 0.25) is 0 Å². The summed E-state index contributed by atoms with van der Waals surface area (Å²) in [6, 6.07) is 7.72. The Morgan fingerprint density at radius 1 is 1.26 bits per heavy atom. The molecule has 3 rings (SSSR count). The number of aromatic nitrogens is 4. The fraction of sp³-hybridized carbons (Fsp3) is 0.316. The molecule has 1 N–H and O–H groups in total. The van der Waals surface area contributed by atoms with E-state index in [1.54, 1.807) is 34.0 Å². The van der Waals surface area contributed by atoms with Gasteiger partial charge in [-0.05, 0) is 43.5 Å². The van der Waals surface area contributed by atoms with Gasteiger partial charge in [-0.25, -0.2) is 4.68 Å². The number of rotatable bonds is 8. The summed E-state index contributed by atoms with van der Waals surface area (Å²) in [7, 11) is 0. The summed E-state index contributed by atoms with van der Waals surface area (Å²) in [5.41, 5.74) is 2.56. The lowest BCUT2D eigenvalue weighted by molar-refractivity contribution is 0.0945. The maximum absolute atomic E-state index is 12.2. The molecule has 0 aliphatic heterocycles. The van der Waals surface area contributed by atoms with Gasteiger partial charge in [-0.3, -0.25) is 9.48 Å². The Hall–Kier alpha value is -2.80. The van der Waals surface area contributed by atoms with Crippen molar-refractivity contribution in [2.45, 2.75) is 33.5 Å². The molecule has 7 nitrogen and oxygen atoms in total. The molecule has 8 heteroatoms. The lowest BCUT2D eigenvalue weighted by atomic mass is 10.1. The zero-order valence-electron chi connectivity index (χ0n) is 15.4. The molecule has 2 heterocycles. The van der Waals surface area contributed by atoms with E-state index in [1.165, 1.54) is 0 Å². The molecule has 142 valence electrons. The number of ether oxygens (including phenoxy) is 1. The van der Waals surface area contributed by atoms with Gasteiger partial charge in [0.1, 0.15) is 11.4 Å². The van der Waals surface area contributed by atoms with E-state index in [0.29, 0.717) is 23.8 Å². The summed E-state index contributed by atoms with van der Waals surface area (Å²) < 4.78 is 9.14. The van der Waals surface area contributed by atoms with Gasteiger partial charge in [0.05, 0.1) is 11.2 Å². The van der Waals surface area contributed by atoms with E-state index in [-0.39, 0.29) is 12.6 Å². The van der Waals surface area contributed by atoms with Crippen LogP contribution in [0.25, 0.3) is 0 Å². The third kappa shape index (κ3) is 5.34. The van der Waals surface area contributed by atoms with Crippen molar-refractivity contribution in [1.82, 2.24) is 24.9 Å². The van der Waals surface area contributed by atoms with Crippen molar-refractivity contribution in [3.8, 4) is 5.75 Å². The number of benzene rings is 1. The highest BCUT2D eigenvalue weighted by Gasteiger charge is 2.09.